The predicted molar refractivity (Wildman–Crippen MR) is 69.8 cm³/mol. The summed E-state index contributed by atoms with van der Waals surface area (Å²) in [5, 5.41) is 2.86. The van der Waals surface area contributed by atoms with Gasteiger partial charge in [-0.15, -0.1) is 0 Å². The van der Waals surface area contributed by atoms with Gasteiger partial charge in [0.05, 0.1) is 6.10 Å². The number of hydrogen-bond acceptors (Lipinski definition) is 2. The van der Waals surface area contributed by atoms with E-state index in [-0.39, 0.29) is 23.1 Å². The lowest BCUT2D eigenvalue weighted by Crippen LogP contribution is -2.49. The van der Waals surface area contributed by atoms with Crippen molar-refractivity contribution in [2.75, 3.05) is 0 Å². The molecule has 1 fully saturated rings. The van der Waals surface area contributed by atoms with Gasteiger partial charge in [-0.2, -0.15) is 0 Å². The second-order valence-electron chi connectivity index (χ2n) is 4.16. The number of benzene rings is 1. The summed E-state index contributed by atoms with van der Waals surface area (Å²) in [5.41, 5.74) is 0.987. The molecule has 1 aromatic rings. The largest absolute Gasteiger partial charge is 0.349 e. The van der Waals surface area contributed by atoms with Gasteiger partial charge in [-0.05, 0) is 6.42 Å². The van der Waals surface area contributed by atoms with Gasteiger partial charge in [0.15, 0.2) is 6.23 Å². The molecule has 17 heavy (non-hydrogen) atoms. The molecule has 3 atom stereocenters. The number of carbonyl (C=O) groups excluding carboxylic acids is 1. The Morgan fingerprint density at radius 2 is 2.06 bits per heavy atom. The fourth-order valence-electron chi connectivity index (χ4n) is 1.94. The van der Waals surface area contributed by atoms with E-state index in [1.54, 1.807) is 0 Å². The SMILES string of the molecule is CCC[C@H]1O[C@@H](c2ccccc2)NC(=O)[C@H]1Br. The van der Waals surface area contributed by atoms with Crippen molar-refractivity contribution in [1.29, 1.82) is 0 Å². The van der Waals surface area contributed by atoms with Gasteiger partial charge in [-0.3, -0.25) is 4.79 Å². The Balaban J connectivity index is 2.13. The Kier molecular flexibility index (Phi) is 4.18. The van der Waals surface area contributed by atoms with Crippen LogP contribution in [-0.4, -0.2) is 16.8 Å². The lowest BCUT2D eigenvalue weighted by atomic mass is 10.1. The summed E-state index contributed by atoms with van der Waals surface area (Å²) in [5.74, 6) is 0.00329. The summed E-state index contributed by atoms with van der Waals surface area (Å²) in [6.45, 7) is 2.09. The first-order chi connectivity index (χ1) is 8.22. The highest BCUT2D eigenvalue weighted by atomic mass is 79.9. The Morgan fingerprint density at radius 3 is 2.71 bits per heavy atom. The summed E-state index contributed by atoms with van der Waals surface area (Å²) in [6, 6.07) is 9.76. The van der Waals surface area contributed by atoms with Gasteiger partial charge >= 0.3 is 0 Å². The van der Waals surface area contributed by atoms with Crippen molar-refractivity contribution < 1.29 is 9.53 Å². The molecule has 1 aliphatic rings. The fourth-order valence-corrected chi connectivity index (χ4v) is 2.47. The van der Waals surface area contributed by atoms with E-state index in [0.717, 1.165) is 18.4 Å². The van der Waals surface area contributed by atoms with E-state index in [0.29, 0.717) is 0 Å². The Bertz CT molecular complexity index is 382. The summed E-state index contributed by atoms with van der Waals surface area (Å²) in [6.07, 6.45) is 1.50. The van der Waals surface area contributed by atoms with Crippen LogP contribution in [0, 0.1) is 0 Å². The molecule has 0 aromatic heterocycles. The monoisotopic (exact) mass is 297 g/mol. The smallest absolute Gasteiger partial charge is 0.238 e. The maximum atomic E-state index is 11.8. The van der Waals surface area contributed by atoms with Crippen LogP contribution in [0.3, 0.4) is 0 Å². The van der Waals surface area contributed by atoms with Gasteiger partial charge < -0.3 is 10.1 Å². The molecule has 0 unspecified atom stereocenters. The zero-order chi connectivity index (χ0) is 12.3. The number of halogens is 1. The molecule has 1 aliphatic heterocycles. The number of amides is 1. The lowest BCUT2D eigenvalue weighted by molar-refractivity contribution is -0.141. The van der Waals surface area contributed by atoms with Gasteiger partial charge in [-0.25, -0.2) is 0 Å². The number of rotatable bonds is 3. The predicted octanol–water partition coefficient (Wildman–Crippen LogP) is 2.76. The van der Waals surface area contributed by atoms with Crippen LogP contribution in [0.15, 0.2) is 30.3 Å². The standard InChI is InChI=1S/C13H16BrNO2/c1-2-6-10-11(14)12(16)15-13(17-10)9-7-4-3-5-8-9/h3-5,7-8,10-11,13H,2,6H2,1H3,(H,15,16)/t10-,11+,13+/m1/s1. The number of alkyl halides is 1. The molecule has 1 heterocycles. The van der Waals surface area contributed by atoms with Gasteiger partial charge in [-0.1, -0.05) is 59.6 Å². The van der Waals surface area contributed by atoms with E-state index in [2.05, 4.69) is 28.2 Å². The van der Waals surface area contributed by atoms with Crippen LogP contribution in [0.25, 0.3) is 0 Å². The lowest BCUT2D eigenvalue weighted by Gasteiger charge is -2.34. The molecule has 0 radical (unpaired) electrons. The fraction of sp³-hybridized carbons (Fsp3) is 0.462. The van der Waals surface area contributed by atoms with Crippen LogP contribution < -0.4 is 5.32 Å². The van der Waals surface area contributed by atoms with Crippen molar-refractivity contribution in [3.63, 3.8) is 0 Å². The normalized spacial score (nSPS) is 28.8. The van der Waals surface area contributed by atoms with Crippen LogP contribution >= 0.6 is 15.9 Å². The molecule has 3 nitrogen and oxygen atoms in total. The third kappa shape index (κ3) is 2.87. The zero-order valence-corrected chi connectivity index (χ0v) is 11.3. The minimum absolute atomic E-state index is 0.00329. The number of hydrogen-bond donors (Lipinski definition) is 1. The molecule has 2 rings (SSSR count). The Labute approximate surface area is 110 Å². The van der Waals surface area contributed by atoms with Gasteiger partial charge in [0.2, 0.25) is 5.91 Å². The van der Waals surface area contributed by atoms with Crippen LogP contribution in [0.2, 0.25) is 0 Å². The highest BCUT2D eigenvalue weighted by molar-refractivity contribution is 9.10. The number of carbonyl (C=O) groups is 1. The molecule has 1 N–H and O–H groups in total. The maximum absolute atomic E-state index is 11.8. The average Bonchev–Trinajstić information content (AvgIpc) is 2.36. The zero-order valence-electron chi connectivity index (χ0n) is 9.73. The van der Waals surface area contributed by atoms with Crippen LogP contribution in [0.5, 0.6) is 0 Å². The third-order valence-corrected chi connectivity index (χ3v) is 3.84. The first-order valence-electron chi connectivity index (χ1n) is 5.87. The molecular formula is C13H16BrNO2. The molecular weight excluding hydrogens is 282 g/mol. The maximum Gasteiger partial charge on any atom is 0.238 e. The van der Waals surface area contributed by atoms with Crippen molar-refractivity contribution in [3.05, 3.63) is 35.9 Å². The van der Waals surface area contributed by atoms with Crippen molar-refractivity contribution in [3.8, 4) is 0 Å². The summed E-state index contributed by atoms with van der Waals surface area (Å²) < 4.78 is 5.92. The van der Waals surface area contributed by atoms with E-state index in [4.69, 9.17) is 4.74 Å². The van der Waals surface area contributed by atoms with E-state index in [1.165, 1.54) is 0 Å². The van der Waals surface area contributed by atoms with Gasteiger partial charge in [0.25, 0.3) is 0 Å². The molecule has 0 spiro atoms. The van der Waals surface area contributed by atoms with Crippen LogP contribution in [0.1, 0.15) is 31.6 Å². The number of nitrogens with one attached hydrogen (secondary N) is 1. The average molecular weight is 298 g/mol. The van der Waals surface area contributed by atoms with Gasteiger partial charge in [0.1, 0.15) is 4.83 Å². The van der Waals surface area contributed by atoms with E-state index < -0.39 is 0 Å². The molecule has 0 saturated carbocycles. The second-order valence-corrected chi connectivity index (χ2v) is 5.15. The molecule has 0 aliphatic carbocycles. The van der Waals surface area contributed by atoms with Crippen molar-refractivity contribution in [1.82, 2.24) is 5.32 Å². The summed E-state index contributed by atoms with van der Waals surface area (Å²) in [4.78, 5) is 11.6. The summed E-state index contributed by atoms with van der Waals surface area (Å²) >= 11 is 3.38. The van der Waals surface area contributed by atoms with E-state index >= 15 is 0 Å². The Morgan fingerprint density at radius 1 is 1.35 bits per heavy atom. The first-order valence-corrected chi connectivity index (χ1v) is 6.78. The van der Waals surface area contributed by atoms with Crippen molar-refractivity contribution in [2.45, 2.75) is 36.9 Å². The molecule has 0 bridgehead atoms. The molecule has 92 valence electrons. The first kappa shape index (κ1) is 12.6. The molecule has 1 aromatic carbocycles. The van der Waals surface area contributed by atoms with Crippen molar-refractivity contribution in [2.24, 2.45) is 0 Å². The second kappa shape index (κ2) is 5.65. The summed E-state index contributed by atoms with van der Waals surface area (Å²) in [7, 11) is 0. The van der Waals surface area contributed by atoms with E-state index in [1.807, 2.05) is 30.3 Å². The van der Waals surface area contributed by atoms with E-state index in [9.17, 15) is 4.79 Å². The molecule has 1 amide bonds. The highest BCUT2D eigenvalue weighted by Gasteiger charge is 2.35. The molecule has 4 heteroatoms. The number of ether oxygens (including phenoxy) is 1. The van der Waals surface area contributed by atoms with Gasteiger partial charge in [0, 0.05) is 5.56 Å². The quantitative estimate of drug-likeness (QED) is 0.871. The molecule has 1 saturated heterocycles. The van der Waals surface area contributed by atoms with Crippen LogP contribution in [0.4, 0.5) is 0 Å². The van der Waals surface area contributed by atoms with Crippen molar-refractivity contribution >= 4 is 21.8 Å². The minimum Gasteiger partial charge on any atom is -0.349 e. The topological polar surface area (TPSA) is 38.3 Å². The van der Waals surface area contributed by atoms with Crippen LogP contribution in [-0.2, 0) is 9.53 Å². The Hall–Kier alpha value is -0.870. The third-order valence-electron chi connectivity index (χ3n) is 2.84. The highest BCUT2D eigenvalue weighted by Crippen LogP contribution is 2.27. The minimum atomic E-state index is -0.325.